The molecule has 0 bridgehead atoms. The highest BCUT2D eigenvalue weighted by Gasteiger charge is 2.29. The predicted octanol–water partition coefficient (Wildman–Crippen LogP) is 0.845. The van der Waals surface area contributed by atoms with Crippen molar-refractivity contribution in [1.29, 1.82) is 0 Å². The van der Waals surface area contributed by atoms with Crippen LogP contribution in [-0.2, 0) is 33.3 Å². The Morgan fingerprint density at radius 2 is 0.935 bits per heavy atom. The fraction of sp³-hybridized carbons (Fsp3) is 0.727. The van der Waals surface area contributed by atoms with Crippen LogP contribution >= 0.6 is 0 Å². The second-order valence-electron chi connectivity index (χ2n) is 12.5. The molecule has 1 saturated carbocycles. The van der Waals surface area contributed by atoms with Gasteiger partial charge in [0.2, 0.25) is 0 Å². The van der Waals surface area contributed by atoms with E-state index < -0.39 is 42.3 Å². The Morgan fingerprint density at radius 1 is 0.630 bits per heavy atom. The van der Waals surface area contributed by atoms with Crippen LogP contribution in [0.3, 0.4) is 0 Å². The van der Waals surface area contributed by atoms with Crippen LogP contribution in [0.25, 0.3) is 0 Å². The summed E-state index contributed by atoms with van der Waals surface area (Å²) in [5.41, 5.74) is 0.676. The first-order chi connectivity index (χ1) is 21.6. The van der Waals surface area contributed by atoms with Crippen molar-refractivity contribution >= 4 is 17.9 Å². The van der Waals surface area contributed by atoms with Crippen LogP contribution in [0, 0.1) is 11.8 Å². The molecule has 6 atom stereocenters. The standard InChI is InChI=1S/C33H56N2O11/c1-22(2)31(40)44-19-28(37)15-34(14-27(36)18-43-7)12-25-9-8-10-26(11-25)13-35(16-29(38)20-45-32(41)23(3)4)17-30(39)21-46-33(42)24(5)6/h25-30,36-39H,1,3,5,8-21H2,2,4,6-7H3. The van der Waals surface area contributed by atoms with Gasteiger partial charge < -0.3 is 39.4 Å². The summed E-state index contributed by atoms with van der Waals surface area (Å²) in [5.74, 6) is -1.37. The third kappa shape index (κ3) is 17.9. The Balaban J connectivity index is 2.92. The molecule has 0 aromatic carbocycles. The van der Waals surface area contributed by atoms with Gasteiger partial charge in [-0.2, -0.15) is 0 Å². The molecule has 0 heterocycles. The number of carbonyl (C=O) groups excluding carboxylic acids is 3. The van der Waals surface area contributed by atoms with Crippen LogP contribution in [0.5, 0.6) is 0 Å². The number of ether oxygens (including phenoxy) is 4. The molecule has 264 valence electrons. The summed E-state index contributed by atoms with van der Waals surface area (Å²) >= 11 is 0. The van der Waals surface area contributed by atoms with E-state index in [1.165, 1.54) is 27.9 Å². The van der Waals surface area contributed by atoms with E-state index in [4.69, 9.17) is 18.9 Å². The zero-order chi connectivity index (χ0) is 34.8. The van der Waals surface area contributed by atoms with Crippen LogP contribution in [0.4, 0.5) is 0 Å². The molecule has 6 unspecified atom stereocenters. The summed E-state index contributed by atoms with van der Waals surface area (Å²) in [5, 5.41) is 42.3. The molecule has 13 heteroatoms. The first kappa shape index (κ1) is 41.4. The van der Waals surface area contributed by atoms with E-state index in [1.54, 1.807) is 0 Å². The van der Waals surface area contributed by atoms with E-state index >= 15 is 0 Å². The minimum atomic E-state index is -1.02. The fourth-order valence-corrected chi connectivity index (χ4v) is 5.39. The average molecular weight is 657 g/mol. The van der Waals surface area contributed by atoms with Crippen molar-refractivity contribution in [2.45, 2.75) is 70.9 Å². The van der Waals surface area contributed by atoms with Gasteiger partial charge in [0.1, 0.15) is 38.1 Å². The number of carbonyl (C=O) groups is 3. The van der Waals surface area contributed by atoms with Crippen LogP contribution in [0.2, 0.25) is 0 Å². The quantitative estimate of drug-likeness (QED) is 0.0693. The molecule has 46 heavy (non-hydrogen) atoms. The highest BCUT2D eigenvalue weighted by atomic mass is 16.6. The summed E-state index contributed by atoms with van der Waals surface area (Å²) in [7, 11) is 1.50. The van der Waals surface area contributed by atoms with Gasteiger partial charge in [-0.15, -0.1) is 0 Å². The van der Waals surface area contributed by atoms with Gasteiger partial charge >= 0.3 is 17.9 Å². The lowest BCUT2D eigenvalue weighted by molar-refractivity contribution is -0.143. The number of nitrogens with zero attached hydrogens (tertiary/aromatic N) is 2. The van der Waals surface area contributed by atoms with Crippen LogP contribution in [0.15, 0.2) is 36.5 Å². The molecule has 1 rings (SSSR count). The lowest BCUT2D eigenvalue weighted by atomic mass is 9.80. The maximum atomic E-state index is 11.8. The lowest BCUT2D eigenvalue weighted by Crippen LogP contribution is -2.45. The Labute approximate surface area is 273 Å². The highest BCUT2D eigenvalue weighted by Crippen LogP contribution is 2.30. The Morgan fingerprint density at radius 3 is 1.22 bits per heavy atom. The molecule has 0 spiro atoms. The second-order valence-corrected chi connectivity index (χ2v) is 12.5. The summed E-state index contributed by atoms with van der Waals surface area (Å²) in [6.45, 7) is 16.4. The van der Waals surface area contributed by atoms with Gasteiger partial charge in [-0.1, -0.05) is 26.2 Å². The van der Waals surface area contributed by atoms with E-state index in [9.17, 15) is 34.8 Å². The summed E-state index contributed by atoms with van der Waals surface area (Å²) in [6.07, 6.45) is -0.173. The average Bonchev–Trinajstić information content (AvgIpc) is 2.97. The largest absolute Gasteiger partial charge is 0.460 e. The fourth-order valence-electron chi connectivity index (χ4n) is 5.39. The van der Waals surface area contributed by atoms with Crippen molar-refractivity contribution in [2.24, 2.45) is 11.8 Å². The van der Waals surface area contributed by atoms with E-state index in [-0.39, 0.29) is 81.2 Å². The maximum Gasteiger partial charge on any atom is 0.333 e. The SMILES string of the molecule is C=C(C)C(=O)OCC(O)CN(CC(O)COC)CC1CCCC(CN(CC(O)COC(=O)C(=C)C)CC(O)COC(=O)C(=C)C)C1. The van der Waals surface area contributed by atoms with E-state index in [0.29, 0.717) is 13.1 Å². The molecule has 13 nitrogen and oxygen atoms in total. The van der Waals surface area contributed by atoms with Gasteiger partial charge in [0, 0.05) is 63.1 Å². The summed E-state index contributed by atoms with van der Waals surface area (Å²) in [4.78, 5) is 39.2. The second kappa shape index (κ2) is 22.0. The molecule has 0 aromatic rings. The zero-order valence-electron chi connectivity index (χ0n) is 28.0. The smallest absolute Gasteiger partial charge is 0.333 e. The number of aliphatic hydroxyl groups excluding tert-OH is 4. The molecular formula is C33H56N2O11. The molecule has 0 radical (unpaired) electrons. The van der Waals surface area contributed by atoms with Gasteiger partial charge in [0.05, 0.1) is 12.7 Å². The Kier molecular flexibility index (Phi) is 19.8. The summed E-state index contributed by atoms with van der Waals surface area (Å²) in [6, 6.07) is 0. The normalized spacial score (nSPS) is 19.2. The lowest BCUT2D eigenvalue weighted by Gasteiger charge is -2.37. The van der Waals surface area contributed by atoms with Crippen molar-refractivity contribution in [1.82, 2.24) is 9.80 Å². The van der Waals surface area contributed by atoms with Crippen molar-refractivity contribution in [2.75, 3.05) is 72.8 Å². The van der Waals surface area contributed by atoms with Gasteiger partial charge in [-0.05, 0) is 51.9 Å². The summed E-state index contributed by atoms with van der Waals surface area (Å²) < 4.78 is 20.4. The van der Waals surface area contributed by atoms with Crippen LogP contribution < -0.4 is 0 Å². The van der Waals surface area contributed by atoms with Crippen LogP contribution in [0.1, 0.15) is 46.5 Å². The highest BCUT2D eigenvalue weighted by molar-refractivity contribution is 5.87. The third-order valence-electron chi connectivity index (χ3n) is 7.42. The van der Waals surface area contributed by atoms with E-state index in [2.05, 4.69) is 19.7 Å². The topological polar surface area (TPSA) is 176 Å². The van der Waals surface area contributed by atoms with E-state index in [0.717, 1.165) is 25.7 Å². The molecule has 1 fully saturated rings. The first-order valence-corrected chi connectivity index (χ1v) is 15.7. The van der Waals surface area contributed by atoms with Gasteiger partial charge in [-0.25, -0.2) is 14.4 Å². The molecule has 0 aliphatic heterocycles. The molecular weight excluding hydrogens is 600 g/mol. The molecule has 0 aromatic heterocycles. The minimum Gasteiger partial charge on any atom is -0.460 e. The van der Waals surface area contributed by atoms with Gasteiger partial charge in [0.25, 0.3) is 0 Å². The zero-order valence-corrected chi connectivity index (χ0v) is 28.0. The van der Waals surface area contributed by atoms with Gasteiger partial charge in [-0.3, -0.25) is 9.80 Å². The molecule has 0 amide bonds. The molecule has 1 aliphatic rings. The maximum absolute atomic E-state index is 11.8. The number of methoxy groups -OCH3 is 1. The number of esters is 3. The first-order valence-electron chi connectivity index (χ1n) is 15.7. The molecule has 4 N–H and O–H groups in total. The van der Waals surface area contributed by atoms with Gasteiger partial charge in [0.15, 0.2) is 0 Å². The number of aliphatic hydroxyl groups is 4. The van der Waals surface area contributed by atoms with Crippen molar-refractivity contribution in [3.8, 4) is 0 Å². The third-order valence-corrected chi connectivity index (χ3v) is 7.42. The predicted molar refractivity (Wildman–Crippen MR) is 172 cm³/mol. The number of hydrogen-bond acceptors (Lipinski definition) is 13. The van der Waals surface area contributed by atoms with Crippen LogP contribution in [-0.4, -0.2) is 145 Å². The minimum absolute atomic E-state index is 0.112. The Hall–Kier alpha value is -2.65. The van der Waals surface area contributed by atoms with E-state index in [1.807, 2.05) is 9.80 Å². The Bertz CT molecular complexity index is 966. The monoisotopic (exact) mass is 656 g/mol. The number of rotatable bonds is 23. The number of hydrogen-bond donors (Lipinski definition) is 4. The van der Waals surface area contributed by atoms with Crippen molar-refractivity contribution in [3.63, 3.8) is 0 Å². The molecule has 0 saturated heterocycles. The van der Waals surface area contributed by atoms with Crippen molar-refractivity contribution < 1.29 is 53.8 Å². The van der Waals surface area contributed by atoms with Crippen molar-refractivity contribution in [3.05, 3.63) is 36.5 Å². The molecule has 1 aliphatic carbocycles.